The number of aliphatic hydroxyl groups excluding tert-OH is 1. The summed E-state index contributed by atoms with van der Waals surface area (Å²) in [5.41, 5.74) is 3.58. The second kappa shape index (κ2) is 10.8. The summed E-state index contributed by atoms with van der Waals surface area (Å²) in [7, 11) is 3.21. The first-order valence-corrected chi connectivity index (χ1v) is 13.6. The molecule has 39 heavy (non-hydrogen) atoms. The lowest BCUT2D eigenvalue weighted by atomic mass is 10.1. The van der Waals surface area contributed by atoms with E-state index in [9.17, 15) is 5.11 Å². The molecule has 4 aromatic rings. The maximum absolute atomic E-state index is 9.81. The van der Waals surface area contributed by atoms with Gasteiger partial charge in [0.25, 0.3) is 0 Å². The minimum absolute atomic E-state index is 0.214. The van der Waals surface area contributed by atoms with E-state index >= 15 is 0 Å². The van der Waals surface area contributed by atoms with Crippen molar-refractivity contribution in [1.29, 1.82) is 0 Å². The highest BCUT2D eigenvalue weighted by atomic mass is 35.5. The van der Waals surface area contributed by atoms with Gasteiger partial charge in [-0.25, -0.2) is 9.97 Å². The van der Waals surface area contributed by atoms with E-state index in [2.05, 4.69) is 31.8 Å². The van der Waals surface area contributed by atoms with Crippen molar-refractivity contribution >= 4 is 34.7 Å². The maximum Gasteiger partial charge on any atom is 0.227 e. The van der Waals surface area contributed by atoms with E-state index in [0.29, 0.717) is 16.5 Å². The summed E-state index contributed by atoms with van der Waals surface area (Å²) in [4.78, 5) is 21.1. The summed E-state index contributed by atoms with van der Waals surface area (Å²) in [6.45, 7) is 5.05. The van der Waals surface area contributed by atoms with E-state index in [4.69, 9.17) is 31.0 Å². The minimum atomic E-state index is -0.214. The van der Waals surface area contributed by atoms with Crippen LogP contribution < -0.4 is 24.2 Å². The molecule has 5 heterocycles. The van der Waals surface area contributed by atoms with Gasteiger partial charge in [-0.1, -0.05) is 11.6 Å². The fraction of sp³-hybridized carbons (Fsp3) is 0.393. The summed E-state index contributed by atoms with van der Waals surface area (Å²) in [6.07, 6.45) is 7.16. The topological polar surface area (TPSA) is 91.5 Å². The van der Waals surface area contributed by atoms with Crippen LogP contribution in [0.2, 0.25) is 5.02 Å². The van der Waals surface area contributed by atoms with Crippen LogP contribution in [-0.2, 0) is 0 Å². The van der Waals surface area contributed by atoms with Crippen molar-refractivity contribution in [2.75, 3.05) is 68.2 Å². The van der Waals surface area contributed by atoms with Gasteiger partial charge in [0, 0.05) is 81.2 Å². The van der Waals surface area contributed by atoms with Crippen molar-refractivity contribution in [2.24, 2.45) is 0 Å². The van der Waals surface area contributed by atoms with Gasteiger partial charge >= 0.3 is 0 Å². The Balaban J connectivity index is 1.16. The van der Waals surface area contributed by atoms with Gasteiger partial charge in [-0.05, 0) is 31.0 Å². The Morgan fingerprint density at radius 1 is 0.872 bits per heavy atom. The zero-order valence-electron chi connectivity index (χ0n) is 22.1. The van der Waals surface area contributed by atoms with Crippen molar-refractivity contribution in [3.63, 3.8) is 0 Å². The first-order chi connectivity index (χ1) is 19.0. The molecule has 0 unspecified atom stereocenters. The molecule has 10 nitrogen and oxygen atoms in total. The van der Waals surface area contributed by atoms with Crippen LogP contribution in [-0.4, -0.2) is 84.1 Å². The number of halogens is 1. The van der Waals surface area contributed by atoms with Crippen LogP contribution in [0.5, 0.6) is 11.5 Å². The molecule has 2 saturated heterocycles. The molecule has 6 rings (SSSR count). The Bertz CT molecular complexity index is 1460. The van der Waals surface area contributed by atoms with Gasteiger partial charge in [-0.15, -0.1) is 0 Å². The summed E-state index contributed by atoms with van der Waals surface area (Å²) in [5, 5.41) is 10.3. The number of pyridine rings is 1. The Labute approximate surface area is 232 Å². The third-order valence-corrected chi connectivity index (χ3v) is 7.83. The zero-order chi connectivity index (χ0) is 26.9. The first-order valence-electron chi connectivity index (χ1n) is 13.2. The maximum atomic E-state index is 9.81. The highest BCUT2D eigenvalue weighted by Gasteiger charge is 2.23. The van der Waals surface area contributed by atoms with Crippen LogP contribution >= 0.6 is 11.6 Å². The van der Waals surface area contributed by atoms with Gasteiger partial charge in [-0.2, -0.15) is 4.98 Å². The van der Waals surface area contributed by atoms with Gasteiger partial charge in [0.15, 0.2) is 0 Å². The van der Waals surface area contributed by atoms with Crippen LogP contribution in [0.25, 0.3) is 16.9 Å². The number of aliphatic hydroxyl groups is 1. The van der Waals surface area contributed by atoms with Crippen LogP contribution in [0.15, 0.2) is 48.9 Å². The van der Waals surface area contributed by atoms with Crippen LogP contribution in [0.4, 0.5) is 17.5 Å². The third kappa shape index (κ3) is 5.14. The van der Waals surface area contributed by atoms with Gasteiger partial charge in [0.05, 0.1) is 31.0 Å². The molecule has 0 radical (unpaired) electrons. The smallest absolute Gasteiger partial charge is 0.227 e. The normalized spacial score (nSPS) is 16.7. The lowest BCUT2D eigenvalue weighted by Crippen LogP contribution is -2.47. The van der Waals surface area contributed by atoms with E-state index in [-0.39, 0.29) is 6.10 Å². The SMILES string of the molecule is COc1cc(OC)c(-c2cn3ccc(N4CCN(c5ccnc(N6CCC(O)CC6)n5)CC4)cc3n2)cc1Cl. The number of rotatable bonds is 6. The third-order valence-electron chi connectivity index (χ3n) is 7.54. The number of anilines is 3. The Hall–Kier alpha value is -3.76. The quantitative estimate of drug-likeness (QED) is 0.386. The lowest BCUT2D eigenvalue weighted by Gasteiger charge is -2.37. The number of piperazine rings is 1. The predicted octanol–water partition coefficient (Wildman–Crippen LogP) is 3.75. The number of aromatic nitrogens is 4. The molecule has 204 valence electrons. The van der Waals surface area contributed by atoms with Crippen LogP contribution in [0.1, 0.15) is 12.8 Å². The monoisotopic (exact) mass is 549 g/mol. The number of hydrogen-bond acceptors (Lipinski definition) is 9. The largest absolute Gasteiger partial charge is 0.496 e. The number of imidazole rings is 1. The molecule has 0 atom stereocenters. The van der Waals surface area contributed by atoms with E-state index in [0.717, 1.165) is 86.5 Å². The average Bonchev–Trinajstić information content (AvgIpc) is 3.41. The standard InChI is InChI=1S/C28H32ClN7O3/c1-38-24-17-25(39-2)22(29)16-21(24)23-18-36-8-4-19(15-27(36)31-23)33-11-13-34(14-12-33)26-3-7-30-28(32-26)35-9-5-20(37)6-10-35/h3-4,7-8,15-18,20,37H,5-6,9-14H2,1-2H3. The first kappa shape index (κ1) is 25.5. The number of piperidine rings is 1. The summed E-state index contributed by atoms with van der Waals surface area (Å²) in [6, 6.07) is 9.83. The van der Waals surface area contributed by atoms with Crippen molar-refractivity contribution in [3.05, 3.63) is 53.9 Å². The van der Waals surface area contributed by atoms with E-state index < -0.39 is 0 Å². The second-order valence-electron chi connectivity index (χ2n) is 9.87. The van der Waals surface area contributed by atoms with Crippen LogP contribution in [0, 0.1) is 0 Å². The van der Waals surface area contributed by atoms with Crippen molar-refractivity contribution in [3.8, 4) is 22.8 Å². The zero-order valence-corrected chi connectivity index (χ0v) is 22.9. The fourth-order valence-corrected chi connectivity index (χ4v) is 5.53. The number of ether oxygens (including phenoxy) is 2. The molecule has 1 N–H and O–H groups in total. The van der Waals surface area contributed by atoms with Gasteiger partial charge < -0.3 is 33.7 Å². The molecule has 1 aromatic carbocycles. The fourth-order valence-electron chi connectivity index (χ4n) is 5.29. The molecule has 0 aliphatic carbocycles. The minimum Gasteiger partial charge on any atom is -0.496 e. The summed E-state index contributed by atoms with van der Waals surface area (Å²) in [5.74, 6) is 2.91. The lowest BCUT2D eigenvalue weighted by molar-refractivity contribution is 0.145. The second-order valence-corrected chi connectivity index (χ2v) is 10.3. The molecule has 3 aromatic heterocycles. The van der Waals surface area contributed by atoms with E-state index in [1.165, 1.54) is 0 Å². The highest BCUT2D eigenvalue weighted by Crippen LogP contribution is 2.38. The molecule has 2 fully saturated rings. The summed E-state index contributed by atoms with van der Waals surface area (Å²) >= 11 is 6.40. The number of hydrogen-bond donors (Lipinski definition) is 1. The Morgan fingerprint density at radius 3 is 2.36 bits per heavy atom. The highest BCUT2D eigenvalue weighted by molar-refractivity contribution is 6.32. The Kier molecular flexibility index (Phi) is 7.05. The molecule has 2 aliphatic rings. The molecule has 2 aliphatic heterocycles. The summed E-state index contributed by atoms with van der Waals surface area (Å²) < 4.78 is 12.9. The molecule has 0 saturated carbocycles. The number of fused-ring (bicyclic) bond motifs is 1. The Morgan fingerprint density at radius 2 is 1.62 bits per heavy atom. The predicted molar refractivity (Wildman–Crippen MR) is 153 cm³/mol. The number of methoxy groups -OCH3 is 2. The van der Waals surface area contributed by atoms with Gasteiger partial charge in [0.1, 0.15) is 23.0 Å². The van der Waals surface area contributed by atoms with Gasteiger partial charge in [-0.3, -0.25) is 0 Å². The molecular formula is C28H32ClN7O3. The number of nitrogens with zero attached hydrogens (tertiary/aromatic N) is 7. The molecule has 0 bridgehead atoms. The van der Waals surface area contributed by atoms with Crippen molar-refractivity contribution < 1.29 is 14.6 Å². The van der Waals surface area contributed by atoms with Crippen molar-refractivity contribution in [2.45, 2.75) is 18.9 Å². The van der Waals surface area contributed by atoms with Crippen molar-refractivity contribution in [1.82, 2.24) is 19.4 Å². The molecule has 0 amide bonds. The van der Waals surface area contributed by atoms with Crippen LogP contribution in [0.3, 0.4) is 0 Å². The molecular weight excluding hydrogens is 518 g/mol. The average molecular weight is 550 g/mol. The van der Waals surface area contributed by atoms with E-state index in [1.807, 2.05) is 35.1 Å². The number of benzene rings is 1. The van der Waals surface area contributed by atoms with E-state index in [1.54, 1.807) is 20.3 Å². The van der Waals surface area contributed by atoms with Gasteiger partial charge in [0.2, 0.25) is 5.95 Å². The molecule has 0 spiro atoms. The molecule has 11 heteroatoms.